The highest BCUT2D eigenvalue weighted by Gasteiger charge is 2.60. The Hall–Kier alpha value is -2.68. The van der Waals surface area contributed by atoms with Gasteiger partial charge in [-0.1, -0.05) is 77.7 Å². The van der Waals surface area contributed by atoms with Crippen LogP contribution in [0.2, 0.25) is 0 Å². The molecule has 370 valence electrons. The fourth-order valence-corrected chi connectivity index (χ4v) is 17.0. The molecule has 15 heteroatoms. The van der Waals surface area contributed by atoms with Crippen LogP contribution in [0.4, 0.5) is 0 Å². The number of phenolic OH excluding ortho intramolecular Hbond substituents is 1. The number of aliphatic hydroxyl groups excluding tert-OH is 3. The lowest BCUT2D eigenvalue weighted by molar-refractivity contribution is -0.152. The van der Waals surface area contributed by atoms with E-state index < -0.39 is 53.9 Å². The van der Waals surface area contributed by atoms with E-state index in [4.69, 9.17) is 20.2 Å². The number of ether oxygens (including phenoxy) is 2. The first-order valence-corrected chi connectivity index (χ1v) is 28.2. The van der Waals surface area contributed by atoms with E-state index in [1.54, 1.807) is 6.07 Å². The number of aliphatic imine (C=N–C) groups is 1. The first-order valence-electron chi connectivity index (χ1n) is 25.7. The molecule has 3 aliphatic heterocycles. The van der Waals surface area contributed by atoms with Crippen LogP contribution in [0.5, 0.6) is 11.5 Å². The number of nitrogens with one attached hydrogen (secondary N) is 3. The van der Waals surface area contributed by atoms with Crippen molar-refractivity contribution in [3.8, 4) is 23.3 Å². The molecule has 0 amide bonds. The number of phenols is 1. The molecule has 5 spiro atoms. The van der Waals surface area contributed by atoms with Crippen molar-refractivity contribution in [2.75, 3.05) is 31.1 Å². The number of nitrogens with two attached hydrogens (primary N) is 1. The topological polar surface area (TPSA) is 211 Å². The minimum absolute atomic E-state index is 0.119. The molecule has 1 aromatic rings. The molecule has 9 rings (SSSR count). The average molecular weight is 964 g/mol. The number of hydrogen-bond donors (Lipinski definition) is 9. The molecule has 8 aliphatic rings. The Balaban J connectivity index is 1.19. The molecule has 1 saturated heterocycles. The number of carbonyl (C=O) groups is 1. The molecular weight excluding hydrogens is 887 g/mol. The number of piperidine rings is 1. The highest BCUT2D eigenvalue weighted by atomic mass is 33.1. The molecule has 4 fully saturated rings. The lowest BCUT2D eigenvalue weighted by atomic mass is 9.53. The zero-order chi connectivity index (χ0) is 46.9. The van der Waals surface area contributed by atoms with Crippen molar-refractivity contribution in [3.63, 3.8) is 0 Å². The number of rotatable bonds is 2. The third kappa shape index (κ3) is 10.4. The Morgan fingerprint density at radius 3 is 2.58 bits per heavy atom. The van der Waals surface area contributed by atoms with Gasteiger partial charge in [0.1, 0.15) is 12.2 Å². The van der Waals surface area contributed by atoms with E-state index in [1.807, 2.05) is 27.7 Å². The van der Waals surface area contributed by atoms with Gasteiger partial charge in [-0.15, -0.1) is 0 Å². The van der Waals surface area contributed by atoms with Gasteiger partial charge in [-0.2, -0.15) is 0 Å². The molecule has 67 heavy (non-hydrogen) atoms. The van der Waals surface area contributed by atoms with Crippen molar-refractivity contribution in [2.24, 2.45) is 38.8 Å². The summed E-state index contributed by atoms with van der Waals surface area (Å²) < 4.78 is 12.8. The van der Waals surface area contributed by atoms with Crippen LogP contribution in [-0.4, -0.2) is 110 Å². The van der Waals surface area contributed by atoms with Crippen LogP contribution >= 0.6 is 21.6 Å². The molecule has 3 heterocycles. The molecule has 0 radical (unpaired) electrons. The van der Waals surface area contributed by atoms with Gasteiger partial charge >= 0.3 is 5.97 Å². The molecule has 0 aromatic heterocycles. The SMILES string of the molecule is CC(=O)OC1CC(O)CCC23C#CC4CCCC5(CNCCSSCC6(CC7(CCCC7)CCC67CCCC7)NC(N)=NC2C=CCC3O)CC(CCN5)Oc2cc(c(C(O)O)cc2O)CC41. The zero-order valence-electron chi connectivity index (χ0n) is 39.6. The van der Waals surface area contributed by atoms with Gasteiger partial charge in [0.25, 0.3) is 0 Å². The van der Waals surface area contributed by atoms with Gasteiger partial charge in [-0.3, -0.25) is 4.79 Å². The number of carbonyl (C=O) groups excluding carboxylic acids is 1. The predicted molar refractivity (Wildman–Crippen MR) is 264 cm³/mol. The average Bonchev–Trinajstić information content (AvgIpc) is 3.96. The molecule has 10 unspecified atom stereocenters. The summed E-state index contributed by atoms with van der Waals surface area (Å²) in [7, 11) is 3.91. The largest absolute Gasteiger partial charge is 0.504 e. The number of hydrogen-bond acceptors (Lipinski definition) is 15. The Morgan fingerprint density at radius 1 is 0.985 bits per heavy atom. The summed E-state index contributed by atoms with van der Waals surface area (Å²) in [5, 5.41) is 69.0. The molecule has 3 saturated carbocycles. The van der Waals surface area contributed by atoms with Crippen LogP contribution < -0.4 is 26.4 Å². The van der Waals surface area contributed by atoms with Gasteiger partial charge in [0.15, 0.2) is 23.7 Å². The van der Waals surface area contributed by atoms with Crippen LogP contribution in [0.1, 0.15) is 153 Å². The number of aliphatic hydroxyl groups is 4. The van der Waals surface area contributed by atoms with E-state index in [0.717, 1.165) is 56.8 Å². The van der Waals surface area contributed by atoms with Gasteiger partial charge in [0.2, 0.25) is 0 Å². The molecule has 10 N–H and O–H groups in total. The van der Waals surface area contributed by atoms with Crippen LogP contribution in [0.15, 0.2) is 29.3 Å². The van der Waals surface area contributed by atoms with Crippen molar-refractivity contribution in [3.05, 3.63) is 35.4 Å². The maximum atomic E-state index is 13.0. The Kier molecular flexibility index (Phi) is 15.1. The summed E-state index contributed by atoms with van der Waals surface area (Å²) in [6.45, 7) is 3.66. The van der Waals surface area contributed by atoms with E-state index in [0.29, 0.717) is 42.6 Å². The zero-order valence-corrected chi connectivity index (χ0v) is 41.2. The normalized spacial score (nSPS) is 37.9. The standard InChI is InChI=1S/C52H77N5O8S2/c1-34(58)64-42-28-37(59)12-20-51-19-11-35-8-7-18-50(30-38(13-23-55-50)65-43-27-36(26-39(35)42)40(46(62)63)29-41(43)60)32-54-24-25-66-67-33-52(57-47(53)56-44(51)9-6-10-45(51)61)31-48(14-2-3-15-48)21-22-49(52)16-4-5-17-49/h6,9,27,29,35,37-39,42,44-46,54-55,59-63H,2-5,7-8,10,12-18,20-26,28,30-33H2,1H3,(H3,53,56,57). The van der Waals surface area contributed by atoms with Crippen molar-refractivity contribution < 1.29 is 39.8 Å². The van der Waals surface area contributed by atoms with Crippen LogP contribution in [0.25, 0.3) is 0 Å². The lowest BCUT2D eigenvalue weighted by Gasteiger charge is -2.58. The second-order valence-corrected chi connectivity index (χ2v) is 24.6. The van der Waals surface area contributed by atoms with Gasteiger partial charge < -0.3 is 56.7 Å². The first-order chi connectivity index (χ1) is 32.3. The molecule has 13 nitrogen and oxygen atoms in total. The van der Waals surface area contributed by atoms with Gasteiger partial charge in [0.05, 0.1) is 29.2 Å². The summed E-state index contributed by atoms with van der Waals surface area (Å²) in [5.41, 5.74) is 6.69. The second kappa shape index (κ2) is 20.6. The lowest BCUT2D eigenvalue weighted by Crippen LogP contribution is -2.66. The third-order valence-electron chi connectivity index (χ3n) is 17.9. The van der Waals surface area contributed by atoms with E-state index in [9.17, 15) is 30.3 Å². The molecule has 10 atom stereocenters. The van der Waals surface area contributed by atoms with E-state index in [-0.39, 0.29) is 58.9 Å². The van der Waals surface area contributed by atoms with Gasteiger partial charge in [-0.05, 0) is 125 Å². The fourth-order valence-electron chi connectivity index (χ4n) is 14.4. The molecule has 5 aliphatic carbocycles. The summed E-state index contributed by atoms with van der Waals surface area (Å²) in [6, 6.07) is 2.47. The Bertz CT molecular complexity index is 2050. The number of esters is 1. The minimum Gasteiger partial charge on any atom is -0.504 e. The Labute approximate surface area is 405 Å². The number of fused-ring (bicyclic) bond motifs is 6. The number of benzene rings is 1. The minimum atomic E-state index is -1.90. The van der Waals surface area contributed by atoms with E-state index in [1.165, 1.54) is 77.2 Å². The second-order valence-electron chi connectivity index (χ2n) is 22.1. The molecule has 6 bridgehead atoms. The van der Waals surface area contributed by atoms with Crippen molar-refractivity contribution >= 4 is 33.5 Å². The molecule has 1 aromatic carbocycles. The predicted octanol–water partition coefficient (Wildman–Crippen LogP) is 6.29. The Morgan fingerprint density at radius 2 is 1.79 bits per heavy atom. The number of guanidine groups is 1. The van der Waals surface area contributed by atoms with Crippen LogP contribution in [0, 0.1) is 39.9 Å². The van der Waals surface area contributed by atoms with E-state index >= 15 is 0 Å². The maximum Gasteiger partial charge on any atom is 0.302 e. The highest BCUT2D eigenvalue weighted by Crippen LogP contribution is 2.63. The monoisotopic (exact) mass is 964 g/mol. The van der Waals surface area contributed by atoms with Crippen molar-refractivity contribution in [2.45, 2.75) is 190 Å². The number of nitrogens with zero attached hydrogens (tertiary/aromatic N) is 1. The summed E-state index contributed by atoms with van der Waals surface area (Å²) in [5.74, 6) is 8.37. The van der Waals surface area contributed by atoms with Gasteiger partial charge in [-0.25, -0.2) is 4.99 Å². The highest BCUT2D eigenvalue weighted by molar-refractivity contribution is 8.76. The van der Waals surface area contributed by atoms with Crippen molar-refractivity contribution in [1.82, 2.24) is 16.0 Å². The third-order valence-corrected chi connectivity index (χ3v) is 20.4. The summed E-state index contributed by atoms with van der Waals surface area (Å²) in [6.07, 6.45) is 17.8. The number of aromatic hydroxyl groups is 1. The van der Waals surface area contributed by atoms with Crippen LogP contribution in [-0.2, 0) is 16.0 Å². The van der Waals surface area contributed by atoms with E-state index in [2.05, 4.69) is 33.9 Å². The van der Waals surface area contributed by atoms with Gasteiger partial charge in [0, 0.05) is 67.3 Å². The first kappa shape index (κ1) is 49.3. The smallest absolute Gasteiger partial charge is 0.302 e. The van der Waals surface area contributed by atoms with Crippen LogP contribution in [0.3, 0.4) is 0 Å². The summed E-state index contributed by atoms with van der Waals surface area (Å²) in [4.78, 5) is 18.4. The maximum absolute atomic E-state index is 13.0. The quantitative estimate of drug-likeness (QED) is 0.0525. The van der Waals surface area contributed by atoms with Crippen molar-refractivity contribution in [1.29, 1.82) is 0 Å². The molecular formula is C52H77N5O8S2. The summed E-state index contributed by atoms with van der Waals surface area (Å²) >= 11 is 0. The fraction of sp³-hybridized carbons (Fsp3) is 0.769.